The molecule has 18 heavy (non-hydrogen) atoms. The van der Waals surface area contributed by atoms with Crippen molar-refractivity contribution >= 4 is 5.91 Å². The Labute approximate surface area is 104 Å². The molecule has 1 aromatic rings. The lowest BCUT2D eigenvalue weighted by atomic mass is 10.2. The van der Waals surface area contributed by atoms with Crippen LogP contribution in [0.2, 0.25) is 0 Å². The molecule has 1 aliphatic heterocycles. The number of nitrogens with one attached hydrogen (secondary N) is 2. The van der Waals surface area contributed by atoms with E-state index in [1.165, 1.54) is 12.3 Å². The van der Waals surface area contributed by atoms with Gasteiger partial charge in [0.25, 0.3) is 5.91 Å². The van der Waals surface area contributed by atoms with Gasteiger partial charge in [0.05, 0.1) is 19.3 Å². The van der Waals surface area contributed by atoms with Gasteiger partial charge in [-0.1, -0.05) is 0 Å². The summed E-state index contributed by atoms with van der Waals surface area (Å²) < 4.78 is 10.4. The van der Waals surface area contributed by atoms with Gasteiger partial charge in [-0.25, -0.2) is 0 Å². The molecule has 2 atom stereocenters. The fourth-order valence-electron chi connectivity index (χ4n) is 1.90. The Hall–Kier alpha value is -1.66. The molecule has 0 spiro atoms. The molecule has 1 aromatic heterocycles. The number of ether oxygens (including phenoxy) is 2. The van der Waals surface area contributed by atoms with E-state index in [0.29, 0.717) is 13.2 Å². The van der Waals surface area contributed by atoms with Gasteiger partial charge in [-0.3, -0.25) is 9.59 Å². The van der Waals surface area contributed by atoms with E-state index in [4.69, 9.17) is 9.47 Å². The van der Waals surface area contributed by atoms with E-state index in [-0.39, 0.29) is 23.1 Å². The number of rotatable bonds is 3. The topological polar surface area (TPSA) is 80.4 Å². The number of pyridine rings is 1. The van der Waals surface area contributed by atoms with Crippen molar-refractivity contribution in [2.45, 2.75) is 19.1 Å². The van der Waals surface area contributed by atoms with Crippen molar-refractivity contribution < 1.29 is 14.3 Å². The third-order valence-electron chi connectivity index (χ3n) is 2.95. The highest BCUT2D eigenvalue weighted by Gasteiger charge is 2.30. The summed E-state index contributed by atoms with van der Waals surface area (Å²) in [5.41, 5.74) is 0.523. The molecule has 0 unspecified atom stereocenters. The van der Waals surface area contributed by atoms with Crippen LogP contribution < -0.4 is 10.7 Å². The van der Waals surface area contributed by atoms with Gasteiger partial charge in [-0.15, -0.1) is 0 Å². The molecule has 2 rings (SSSR count). The smallest absolute Gasteiger partial charge is 0.257 e. The molecule has 2 N–H and O–H groups in total. The number of carbonyl (C=O) groups excluding carboxylic acids is 1. The second-order valence-corrected chi connectivity index (χ2v) is 4.29. The van der Waals surface area contributed by atoms with E-state index < -0.39 is 5.91 Å². The van der Waals surface area contributed by atoms with Crippen LogP contribution in [0.4, 0.5) is 0 Å². The van der Waals surface area contributed by atoms with Crippen LogP contribution in [-0.2, 0) is 9.47 Å². The van der Waals surface area contributed by atoms with E-state index in [9.17, 15) is 9.59 Å². The van der Waals surface area contributed by atoms with Gasteiger partial charge < -0.3 is 19.8 Å². The van der Waals surface area contributed by atoms with Gasteiger partial charge in [-0.05, 0) is 6.92 Å². The fourth-order valence-corrected chi connectivity index (χ4v) is 1.90. The first-order valence-electron chi connectivity index (χ1n) is 5.72. The lowest BCUT2D eigenvalue weighted by Crippen LogP contribution is -2.44. The van der Waals surface area contributed by atoms with E-state index >= 15 is 0 Å². The molecular formula is C12H16N2O4. The van der Waals surface area contributed by atoms with Crippen LogP contribution in [0.25, 0.3) is 0 Å². The van der Waals surface area contributed by atoms with E-state index in [1.54, 1.807) is 14.0 Å². The van der Waals surface area contributed by atoms with E-state index in [1.807, 2.05) is 0 Å². The summed E-state index contributed by atoms with van der Waals surface area (Å²) in [6.07, 6.45) is 1.25. The van der Waals surface area contributed by atoms with Crippen molar-refractivity contribution in [2.75, 3.05) is 20.3 Å². The lowest BCUT2D eigenvalue weighted by molar-refractivity contribution is 0.0685. The number of aromatic nitrogens is 1. The lowest BCUT2D eigenvalue weighted by Gasteiger charge is -2.17. The molecule has 1 fully saturated rings. The van der Waals surface area contributed by atoms with Crippen molar-refractivity contribution in [2.24, 2.45) is 0 Å². The molecule has 2 heterocycles. The normalized spacial score (nSPS) is 23.0. The SMILES string of the molecule is CO[C@@H]1COC[C@@H]1NC(=O)c1c[nH]c(C)cc1=O. The fraction of sp³-hybridized carbons (Fsp3) is 0.500. The number of aromatic amines is 1. The molecule has 98 valence electrons. The van der Waals surface area contributed by atoms with Gasteiger partial charge in [-0.2, -0.15) is 0 Å². The zero-order valence-corrected chi connectivity index (χ0v) is 10.4. The van der Waals surface area contributed by atoms with Crippen LogP contribution in [0.3, 0.4) is 0 Å². The number of hydrogen-bond acceptors (Lipinski definition) is 4. The predicted molar refractivity (Wildman–Crippen MR) is 64.7 cm³/mol. The summed E-state index contributed by atoms with van der Waals surface area (Å²) in [7, 11) is 1.57. The summed E-state index contributed by atoms with van der Waals surface area (Å²) in [5, 5.41) is 2.75. The molecule has 0 aromatic carbocycles. The van der Waals surface area contributed by atoms with Crippen molar-refractivity contribution in [1.29, 1.82) is 0 Å². The Morgan fingerprint density at radius 3 is 3.00 bits per heavy atom. The van der Waals surface area contributed by atoms with E-state index in [2.05, 4.69) is 10.3 Å². The van der Waals surface area contributed by atoms with Crippen molar-refractivity contribution in [3.05, 3.63) is 33.7 Å². The third-order valence-corrected chi connectivity index (χ3v) is 2.95. The minimum absolute atomic E-state index is 0.0994. The van der Waals surface area contributed by atoms with E-state index in [0.717, 1.165) is 5.69 Å². The highest BCUT2D eigenvalue weighted by atomic mass is 16.5. The Kier molecular flexibility index (Phi) is 3.78. The highest BCUT2D eigenvalue weighted by molar-refractivity contribution is 5.94. The molecule has 1 aliphatic rings. The molecule has 6 nitrogen and oxygen atoms in total. The Morgan fingerprint density at radius 1 is 1.56 bits per heavy atom. The maximum absolute atomic E-state index is 12.0. The van der Waals surface area contributed by atoms with Crippen molar-refractivity contribution in [3.63, 3.8) is 0 Å². The van der Waals surface area contributed by atoms with Gasteiger partial charge in [0, 0.05) is 25.1 Å². The van der Waals surface area contributed by atoms with Gasteiger partial charge in [0.2, 0.25) is 0 Å². The summed E-state index contributed by atoms with van der Waals surface area (Å²) >= 11 is 0. The molecule has 1 saturated heterocycles. The third kappa shape index (κ3) is 2.60. The molecule has 6 heteroatoms. The molecule has 0 bridgehead atoms. The Bertz CT molecular complexity index is 497. The first kappa shape index (κ1) is 12.8. The van der Waals surface area contributed by atoms with Crippen LogP contribution >= 0.6 is 0 Å². The van der Waals surface area contributed by atoms with Crippen LogP contribution in [0.15, 0.2) is 17.1 Å². The number of H-pyrrole nitrogens is 1. The maximum Gasteiger partial charge on any atom is 0.257 e. The quantitative estimate of drug-likeness (QED) is 0.782. The largest absolute Gasteiger partial charge is 0.377 e. The second-order valence-electron chi connectivity index (χ2n) is 4.29. The number of aryl methyl sites for hydroxylation is 1. The minimum atomic E-state index is -0.409. The van der Waals surface area contributed by atoms with Crippen LogP contribution in [0, 0.1) is 6.92 Å². The second kappa shape index (κ2) is 5.32. The minimum Gasteiger partial charge on any atom is -0.377 e. The predicted octanol–water partition coefficient (Wildman–Crippen LogP) is -0.173. The molecule has 0 radical (unpaired) electrons. The molecule has 0 aliphatic carbocycles. The Morgan fingerprint density at radius 2 is 2.33 bits per heavy atom. The summed E-state index contributed by atoms with van der Waals surface area (Å²) in [6, 6.07) is 1.18. The number of methoxy groups -OCH3 is 1. The highest BCUT2D eigenvalue weighted by Crippen LogP contribution is 2.09. The number of amides is 1. The van der Waals surface area contributed by atoms with Gasteiger partial charge >= 0.3 is 0 Å². The first-order valence-corrected chi connectivity index (χ1v) is 5.72. The molecular weight excluding hydrogens is 236 g/mol. The Balaban J connectivity index is 2.10. The van der Waals surface area contributed by atoms with Crippen LogP contribution in [-0.4, -0.2) is 43.4 Å². The molecule has 1 amide bonds. The summed E-state index contributed by atoms with van der Waals surface area (Å²) in [5.74, 6) is -0.409. The number of carbonyl (C=O) groups is 1. The van der Waals surface area contributed by atoms with Crippen LogP contribution in [0.1, 0.15) is 16.1 Å². The zero-order valence-electron chi connectivity index (χ0n) is 10.4. The molecule has 0 saturated carbocycles. The maximum atomic E-state index is 12.0. The average molecular weight is 252 g/mol. The zero-order chi connectivity index (χ0) is 13.1. The van der Waals surface area contributed by atoms with Gasteiger partial charge in [0.1, 0.15) is 11.7 Å². The van der Waals surface area contributed by atoms with Gasteiger partial charge in [0.15, 0.2) is 5.43 Å². The standard InChI is InChI=1S/C12H16N2O4/c1-7-3-10(15)8(4-13-7)12(16)14-9-5-18-6-11(9)17-2/h3-4,9,11H,5-6H2,1-2H3,(H,13,15)(H,14,16)/t9-,11+/m0/s1. The first-order chi connectivity index (χ1) is 8.61. The summed E-state index contributed by atoms with van der Waals surface area (Å²) in [4.78, 5) is 26.5. The van der Waals surface area contributed by atoms with Crippen molar-refractivity contribution in [1.82, 2.24) is 10.3 Å². The van der Waals surface area contributed by atoms with Crippen molar-refractivity contribution in [3.8, 4) is 0 Å². The monoisotopic (exact) mass is 252 g/mol. The average Bonchev–Trinajstić information content (AvgIpc) is 2.76. The summed E-state index contributed by atoms with van der Waals surface area (Å²) in [6.45, 7) is 2.61. The number of hydrogen-bond donors (Lipinski definition) is 2. The van der Waals surface area contributed by atoms with Crippen LogP contribution in [0.5, 0.6) is 0 Å².